The zero-order valence-electron chi connectivity index (χ0n) is 13.8. The van der Waals surface area contributed by atoms with E-state index < -0.39 is 5.82 Å². The lowest BCUT2D eigenvalue weighted by Gasteiger charge is -2.23. The lowest BCUT2D eigenvalue weighted by molar-refractivity contribution is -0.114. The number of aromatic nitrogens is 3. The van der Waals surface area contributed by atoms with Crippen molar-refractivity contribution in [2.75, 3.05) is 18.4 Å². The predicted molar refractivity (Wildman–Crippen MR) is 90.1 cm³/mol. The highest BCUT2D eigenvalue weighted by Gasteiger charge is 2.34. The molecular formula is C16H20FN5OS. The summed E-state index contributed by atoms with van der Waals surface area (Å²) in [6.45, 7) is 6.43. The fourth-order valence-electron chi connectivity index (χ4n) is 3.03. The van der Waals surface area contributed by atoms with Gasteiger partial charge in [0.2, 0.25) is 5.91 Å². The third-order valence-corrected chi connectivity index (χ3v) is 5.01. The van der Waals surface area contributed by atoms with E-state index in [1.54, 1.807) is 0 Å². The van der Waals surface area contributed by atoms with Crippen molar-refractivity contribution >= 4 is 22.4 Å². The summed E-state index contributed by atoms with van der Waals surface area (Å²) in [5.41, 5.74) is 0.0863. The number of amides is 1. The van der Waals surface area contributed by atoms with Gasteiger partial charge in [-0.25, -0.2) is 19.3 Å². The minimum Gasteiger partial charge on any atom is -0.302 e. The predicted octanol–water partition coefficient (Wildman–Crippen LogP) is 2.49. The highest BCUT2D eigenvalue weighted by Crippen LogP contribution is 2.34. The smallest absolute Gasteiger partial charge is 0.223 e. The van der Waals surface area contributed by atoms with Gasteiger partial charge in [-0.1, -0.05) is 6.92 Å². The second kappa shape index (κ2) is 6.90. The molecule has 1 aliphatic rings. The minimum atomic E-state index is -0.405. The van der Waals surface area contributed by atoms with E-state index in [0.717, 1.165) is 37.4 Å². The molecule has 0 aliphatic carbocycles. The van der Waals surface area contributed by atoms with Gasteiger partial charge < -0.3 is 5.32 Å². The molecule has 0 aromatic carbocycles. The largest absolute Gasteiger partial charge is 0.302 e. The maximum atomic E-state index is 12.9. The molecule has 6 nitrogen and oxygen atoms in total. The maximum Gasteiger partial charge on any atom is 0.223 e. The summed E-state index contributed by atoms with van der Waals surface area (Å²) in [6.07, 6.45) is 6.04. The number of thiazole rings is 1. The third-order valence-electron chi connectivity index (χ3n) is 4.11. The van der Waals surface area contributed by atoms with Crippen LogP contribution >= 0.6 is 11.3 Å². The fourth-order valence-corrected chi connectivity index (χ4v) is 3.93. The van der Waals surface area contributed by atoms with Gasteiger partial charge in [-0.3, -0.25) is 9.69 Å². The Morgan fingerprint density at radius 2 is 2.12 bits per heavy atom. The van der Waals surface area contributed by atoms with Crippen LogP contribution in [-0.4, -0.2) is 38.8 Å². The van der Waals surface area contributed by atoms with Crippen LogP contribution in [0, 0.1) is 11.2 Å². The molecule has 1 atom stereocenters. The van der Waals surface area contributed by atoms with Crippen molar-refractivity contribution in [3.05, 3.63) is 35.1 Å². The van der Waals surface area contributed by atoms with Gasteiger partial charge in [0.25, 0.3) is 0 Å². The molecule has 0 saturated carbocycles. The Morgan fingerprint density at radius 3 is 2.83 bits per heavy atom. The summed E-state index contributed by atoms with van der Waals surface area (Å²) in [5.74, 6) is 0.174. The SMILES string of the molecule is CC(=O)Nc1ncc(CN2CCC(C)(Cc3ncc(F)cn3)C2)s1. The monoisotopic (exact) mass is 349 g/mol. The molecule has 24 heavy (non-hydrogen) atoms. The van der Waals surface area contributed by atoms with Crippen LogP contribution in [-0.2, 0) is 17.8 Å². The van der Waals surface area contributed by atoms with Crippen LogP contribution in [0.4, 0.5) is 9.52 Å². The maximum absolute atomic E-state index is 12.9. The van der Waals surface area contributed by atoms with Crippen LogP contribution in [0.2, 0.25) is 0 Å². The Bertz CT molecular complexity index is 720. The second-order valence-electron chi connectivity index (χ2n) is 6.58. The van der Waals surface area contributed by atoms with E-state index in [1.807, 2.05) is 6.20 Å². The summed E-state index contributed by atoms with van der Waals surface area (Å²) in [6, 6.07) is 0. The van der Waals surface area contributed by atoms with Crippen molar-refractivity contribution in [1.82, 2.24) is 19.9 Å². The number of halogens is 1. The van der Waals surface area contributed by atoms with Crippen molar-refractivity contribution in [2.45, 2.75) is 33.2 Å². The number of nitrogens with zero attached hydrogens (tertiary/aromatic N) is 4. The molecule has 2 aromatic rings. The molecule has 128 valence electrons. The molecule has 3 heterocycles. The zero-order chi connectivity index (χ0) is 17.2. The number of likely N-dealkylation sites (tertiary alicyclic amines) is 1. The lowest BCUT2D eigenvalue weighted by Crippen LogP contribution is -2.27. The highest BCUT2D eigenvalue weighted by atomic mass is 32.1. The Labute approximate surface area is 144 Å². The standard InChI is InChI=1S/C16H20FN5OS/c1-11(23)21-15-20-8-13(24-15)9-22-4-3-16(2,10-22)5-14-18-6-12(17)7-19-14/h6-8H,3-5,9-10H2,1-2H3,(H,20,21,23). The lowest BCUT2D eigenvalue weighted by atomic mass is 9.86. The normalized spacial score (nSPS) is 21.1. The molecule has 1 saturated heterocycles. The van der Waals surface area contributed by atoms with E-state index in [4.69, 9.17) is 0 Å². The van der Waals surface area contributed by atoms with Gasteiger partial charge in [0.15, 0.2) is 10.9 Å². The molecule has 1 fully saturated rings. The van der Waals surface area contributed by atoms with E-state index in [2.05, 4.69) is 32.1 Å². The van der Waals surface area contributed by atoms with Crippen LogP contribution in [0.1, 0.15) is 31.0 Å². The van der Waals surface area contributed by atoms with Crippen LogP contribution in [0.15, 0.2) is 18.6 Å². The molecule has 0 spiro atoms. The first-order chi connectivity index (χ1) is 11.4. The van der Waals surface area contributed by atoms with Crippen molar-refractivity contribution < 1.29 is 9.18 Å². The van der Waals surface area contributed by atoms with Crippen LogP contribution < -0.4 is 5.32 Å². The molecule has 0 radical (unpaired) electrons. The second-order valence-corrected chi connectivity index (χ2v) is 7.69. The molecule has 1 aliphatic heterocycles. The van der Waals surface area contributed by atoms with Crippen molar-refractivity contribution in [3.63, 3.8) is 0 Å². The van der Waals surface area contributed by atoms with E-state index in [-0.39, 0.29) is 11.3 Å². The first kappa shape index (κ1) is 16.9. The summed E-state index contributed by atoms with van der Waals surface area (Å²) < 4.78 is 12.9. The van der Waals surface area contributed by atoms with Crippen LogP contribution in [0.25, 0.3) is 0 Å². The van der Waals surface area contributed by atoms with Crippen molar-refractivity contribution in [3.8, 4) is 0 Å². The van der Waals surface area contributed by atoms with Gasteiger partial charge >= 0.3 is 0 Å². The van der Waals surface area contributed by atoms with Crippen molar-refractivity contribution in [2.24, 2.45) is 5.41 Å². The quantitative estimate of drug-likeness (QED) is 0.898. The van der Waals surface area contributed by atoms with Crippen LogP contribution in [0.5, 0.6) is 0 Å². The highest BCUT2D eigenvalue weighted by molar-refractivity contribution is 7.15. The molecule has 1 unspecified atom stereocenters. The Hall–Kier alpha value is -1.93. The van der Waals surface area contributed by atoms with Gasteiger partial charge in [-0.05, 0) is 18.4 Å². The van der Waals surface area contributed by atoms with Gasteiger partial charge in [0.1, 0.15) is 5.82 Å². The first-order valence-electron chi connectivity index (χ1n) is 7.83. The molecule has 2 aromatic heterocycles. The molecular weight excluding hydrogens is 329 g/mol. The van der Waals surface area contributed by atoms with Gasteiger partial charge in [-0.2, -0.15) is 0 Å². The minimum absolute atomic E-state index is 0.0863. The fraction of sp³-hybridized carbons (Fsp3) is 0.500. The van der Waals surface area contributed by atoms with E-state index in [1.165, 1.54) is 30.7 Å². The summed E-state index contributed by atoms with van der Waals surface area (Å²) in [7, 11) is 0. The van der Waals surface area contributed by atoms with Crippen LogP contribution in [0.3, 0.4) is 0 Å². The Morgan fingerprint density at radius 1 is 1.38 bits per heavy atom. The number of carbonyl (C=O) groups is 1. The Balaban J connectivity index is 1.57. The number of rotatable bonds is 5. The third kappa shape index (κ3) is 4.33. The van der Waals surface area contributed by atoms with E-state index in [9.17, 15) is 9.18 Å². The number of nitrogens with one attached hydrogen (secondary N) is 1. The molecule has 3 rings (SSSR count). The first-order valence-corrected chi connectivity index (χ1v) is 8.65. The van der Waals surface area contributed by atoms with Gasteiger partial charge in [0.05, 0.1) is 12.4 Å². The summed E-state index contributed by atoms with van der Waals surface area (Å²) in [5, 5.41) is 3.34. The average Bonchev–Trinajstić information content (AvgIpc) is 3.08. The zero-order valence-corrected chi connectivity index (χ0v) is 14.6. The molecule has 1 amide bonds. The van der Waals surface area contributed by atoms with E-state index >= 15 is 0 Å². The summed E-state index contributed by atoms with van der Waals surface area (Å²) in [4.78, 5) is 26.9. The number of hydrogen-bond donors (Lipinski definition) is 1. The molecule has 1 N–H and O–H groups in total. The van der Waals surface area contributed by atoms with Gasteiger partial charge in [-0.15, -0.1) is 11.3 Å². The average molecular weight is 349 g/mol. The Kier molecular flexibility index (Phi) is 4.86. The number of carbonyl (C=O) groups excluding carboxylic acids is 1. The molecule has 0 bridgehead atoms. The van der Waals surface area contributed by atoms with E-state index in [0.29, 0.717) is 11.0 Å². The topological polar surface area (TPSA) is 71.0 Å². The van der Waals surface area contributed by atoms with Gasteiger partial charge in [0, 0.05) is 37.5 Å². The van der Waals surface area contributed by atoms with Crippen molar-refractivity contribution in [1.29, 1.82) is 0 Å². The molecule has 8 heteroatoms. The number of anilines is 1. The number of hydrogen-bond acceptors (Lipinski definition) is 6. The summed E-state index contributed by atoms with van der Waals surface area (Å²) >= 11 is 1.50.